The Morgan fingerprint density at radius 1 is 1.18 bits per heavy atom. The predicted molar refractivity (Wildman–Crippen MR) is 65.6 cm³/mol. The molecule has 3 heteroatoms. The monoisotopic (exact) mass is 237 g/mol. The Kier molecular flexibility index (Phi) is 2.89. The van der Waals surface area contributed by atoms with Gasteiger partial charge in [0.15, 0.2) is 0 Å². The number of piperidine rings is 1. The highest BCUT2D eigenvalue weighted by Crippen LogP contribution is 2.50. The van der Waals surface area contributed by atoms with Crippen molar-refractivity contribution in [1.29, 1.82) is 0 Å². The second-order valence-electron chi connectivity index (χ2n) is 6.08. The van der Waals surface area contributed by atoms with Gasteiger partial charge in [-0.2, -0.15) is 0 Å². The molecule has 17 heavy (non-hydrogen) atoms. The van der Waals surface area contributed by atoms with Gasteiger partial charge in [0.1, 0.15) is 0 Å². The number of ether oxygens (including phenoxy) is 1. The molecule has 0 aromatic rings. The van der Waals surface area contributed by atoms with Crippen molar-refractivity contribution in [3.05, 3.63) is 0 Å². The number of likely N-dealkylation sites (tertiary alicyclic amines) is 1. The lowest BCUT2D eigenvalue weighted by atomic mass is 9.60. The Balaban J connectivity index is 1.55. The summed E-state index contributed by atoms with van der Waals surface area (Å²) in [6.07, 6.45) is 8.80. The van der Waals surface area contributed by atoms with E-state index in [1.165, 1.54) is 19.3 Å². The van der Waals surface area contributed by atoms with Gasteiger partial charge in [0.05, 0.1) is 6.10 Å². The standard InChI is InChI=1S/C14H23NO2/c1-17-12-5-6-14(12)7-9-15(10-8-14)13(16)11-3-2-4-11/h11-12H,2-10H2,1H3. The zero-order valence-electron chi connectivity index (χ0n) is 10.8. The number of amides is 1. The number of carbonyl (C=O) groups is 1. The van der Waals surface area contributed by atoms with Crippen LogP contribution in [0.1, 0.15) is 44.9 Å². The van der Waals surface area contributed by atoms with Crippen LogP contribution in [0.25, 0.3) is 0 Å². The normalized spacial score (nSPS) is 32.1. The minimum absolute atomic E-state index is 0.365. The molecule has 0 radical (unpaired) electrons. The van der Waals surface area contributed by atoms with Gasteiger partial charge in [0.25, 0.3) is 0 Å². The number of rotatable bonds is 2. The molecule has 2 aliphatic carbocycles. The van der Waals surface area contributed by atoms with Crippen LogP contribution in [-0.2, 0) is 9.53 Å². The van der Waals surface area contributed by atoms with Crippen LogP contribution in [0.15, 0.2) is 0 Å². The molecule has 1 heterocycles. The molecule has 1 aliphatic heterocycles. The van der Waals surface area contributed by atoms with E-state index >= 15 is 0 Å². The zero-order valence-corrected chi connectivity index (χ0v) is 10.8. The molecular weight excluding hydrogens is 214 g/mol. The summed E-state index contributed by atoms with van der Waals surface area (Å²) in [5.41, 5.74) is 0.422. The molecule has 0 aromatic carbocycles. The SMILES string of the molecule is COC1CCC12CCN(C(=O)C1CCC1)CC2. The third-order valence-corrected chi connectivity index (χ3v) is 5.40. The lowest BCUT2D eigenvalue weighted by molar-refractivity contribution is -0.150. The van der Waals surface area contributed by atoms with E-state index in [4.69, 9.17) is 4.74 Å². The largest absolute Gasteiger partial charge is 0.381 e. The van der Waals surface area contributed by atoms with Gasteiger partial charge in [0, 0.05) is 31.5 Å². The molecule has 1 amide bonds. The first-order valence-electron chi connectivity index (χ1n) is 7.07. The van der Waals surface area contributed by atoms with Crippen LogP contribution >= 0.6 is 0 Å². The number of methoxy groups -OCH3 is 1. The quantitative estimate of drug-likeness (QED) is 0.737. The highest BCUT2D eigenvalue weighted by atomic mass is 16.5. The van der Waals surface area contributed by atoms with Crippen LogP contribution in [0.2, 0.25) is 0 Å². The first-order chi connectivity index (χ1) is 8.25. The number of hydrogen-bond acceptors (Lipinski definition) is 2. The maximum atomic E-state index is 12.1. The van der Waals surface area contributed by atoms with Gasteiger partial charge >= 0.3 is 0 Å². The van der Waals surface area contributed by atoms with E-state index < -0.39 is 0 Å². The smallest absolute Gasteiger partial charge is 0.225 e. The molecule has 1 spiro atoms. The predicted octanol–water partition coefficient (Wildman–Crippen LogP) is 2.20. The summed E-state index contributed by atoms with van der Waals surface area (Å²) < 4.78 is 5.55. The number of hydrogen-bond donors (Lipinski definition) is 0. The Morgan fingerprint density at radius 2 is 1.88 bits per heavy atom. The highest BCUT2D eigenvalue weighted by molar-refractivity contribution is 5.79. The van der Waals surface area contributed by atoms with Crippen molar-refractivity contribution in [2.75, 3.05) is 20.2 Å². The third kappa shape index (κ3) is 1.79. The molecule has 3 aliphatic rings. The number of carbonyl (C=O) groups excluding carboxylic acids is 1. The summed E-state index contributed by atoms with van der Waals surface area (Å²) in [7, 11) is 1.83. The fraction of sp³-hybridized carbons (Fsp3) is 0.929. The Hall–Kier alpha value is -0.570. The summed E-state index contributed by atoms with van der Waals surface area (Å²) in [6.45, 7) is 1.93. The van der Waals surface area contributed by atoms with Crippen LogP contribution < -0.4 is 0 Å². The molecule has 0 N–H and O–H groups in total. The molecule has 3 rings (SSSR count). The van der Waals surface area contributed by atoms with Gasteiger partial charge in [-0.3, -0.25) is 4.79 Å². The molecule has 1 unspecified atom stereocenters. The molecule has 1 atom stereocenters. The average Bonchev–Trinajstić information content (AvgIpc) is 2.26. The van der Waals surface area contributed by atoms with Gasteiger partial charge in [-0.25, -0.2) is 0 Å². The topological polar surface area (TPSA) is 29.5 Å². The first kappa shape index (κ1) is 11.5. The van der Waals surface area contributed by atoms with Crippen molar-refractivity contribution < 1.29 is 9.53 Å². The van der Waals surface area contributed by atoms with E-state index in [9.17, 15) is 4.79 Å². The summed E-state index contributed by atoms with van der Waals surface area (Å²) in [5.74, 6) is 0.794. The third-order valence-electron chi connectivity index (χ3n) is 5.40. The average molecular weight is 237 g/mol. The van der Waals surface area contributed by atoms with Crippen LogP contribution in [0.4, 0.5) is 0 Å². The van der Waals surface area contributed by atoms with Crippen LogP contribution in [0.3, 0.4) is 0 Å². The van der Waals surface area contributed by atoms with Crippen LogP contribution in [-0.4, -0.2) is 37.1 Å². The van der Waals surface area contributed by atoms with E-state index in [1.54, 1.807) is 0 Å². The van der Waals surface area contributed by atoms with Gasteiger partial charge < -0.3 is 9.64 Å². The van der Waals surface area contributed by atoms with E-state index in [0.29, 0.717) is 23.3 Å². The zero-order chi connectivity index (χ0) is 11.9. The molecule has 2 saturated carbocycles. The number of nitrogens with zero attached hydrogens (tertiary/aromatic N) is 1. The molecule has 96 valence electrons. The van der Waals surface area contributed by atoms with Crippen LogP contribution in [0.5, 0.6) is 0 Å². The van der Waals surface area contributed by atoms with E-state index in [2.05, 4.69) is 4.90 Å². The molecule has 3 fully saturated rings. The summed E-state index contributed by atoms with van der Waals surface area (Å²) in [5, 5.41) is 0. The lowest BCUT2D eigenvalue weighted by Crippen LogP contribution is -2.54. The fourth-order valence-electron chi connectivity index (χ4n) is 3.70. The second-order valence-corrected chi connectivity index (χ2v) is 6.08. The molecule has 0 aromatic heterocycles. The molecule has 1 saturated heterocycles. The minimum atomic E-state index is 0.365. The minimum Gasteiger partial charge on any atom is -0.381 e. The van der Waals surface area contributed by atoms with Crippen molar-refractivity contribution in [2.24, 2.45) is 11.3 Å². The summed E-state index contributed by atoms with van der Waals surface area (Å²) >= 11 is 0. The van der Waals surface area contributed by atoms with Crippen molar-refractivity contribution in [3.8, 4) is 0 Å². The molecule has 0 bridgehead atoms. The van der Waals surface area contributed by atoms with E-state index in [-0.39, 0.29) is 0 Å². The highest BCUT2D eigenvalue weighted by Gasteiger charge is 2.49. The van der Waals surface area contributed by atoms with Gasteiger partial charge in [0.2, 0.25) is 5.91 Å². The van der Waals surface area contributed by atoms with Crippen molar-refractivity contribution >= 4 is 5.91 Å². The Labute approximate surface area is 104 Å². The van der Waals surface area contributed by atoms with E-state index in [0.717, 1.165) is 38.8 Å². The van der Waals surface area contributed by atoms with Crippen molar-refractivity contribution in [2.45, 2.75) is 51.0 Å². The molecule has 3 nitrogen and oxygen atoms in total. The first-order valence-corrected chi connectivity index (χ1v) is 7.07. The van der Waals surface area contributed by atoms with Gasteiger partial charge in [-0.15, -0.1) is 0 Å². The fourth-order valence-corrected chi connectivity index (χ4v) is 3.70. The molecular formula is C14H23NO2. The maximum absolute atomic E-state index is 12.1. The van der Waals surface area contributed by atoms with E-state index in [1.807, 2.05) is 7.11 Å². The lowest BCUT2D eigenvalue weighted by Gasteiger charge is -2.53. The summed E-state index contributed by atoms with van der Waals surface area (Å²) in [6, 6.07) is 0. The van der Waals surface area contributed by atoms with Crippen molar-refractivity contribution in [3.63, 3.8) is 0 Å². The van der Waals surface area contributed by atoms with Gasteiger partial charge in [-0.05, 0) is 38.5 Å². The Morgan fingerprint density at radius 3 is 2.29 bits per heavy atom. The van der Waals surface area contributed by atoms with Crippen molar-refractivity contribution in [1.82, 2.24) is 4.90 Å². The second kappa shape index (κ2) is 4.27. The van der Waals surface area contributed by atoms with Crippen LogP contribution in [0, 0.1) is 11.3 Å². The summed E-state index contributed by atoms with van der Waals surface area (Å²) in [4.78, 5) is 14.3. The Bertz CT molecular complexity index is 301. The van der Waals surface area contributed by atoms with Gasteiger partial charge in [-0.1, -0.05) is 6.42 Å². The maximum Gasteiger partial charge on any atom is 0.225 e.